The summed E-state index contributed by atoms with van der Waals surface area (Å²) < 4.78 is 0. The third-order valence-corrected chi connectivity index (χ3v) is 0.761. The lowest BCUT2D eigenvalue weighted by Crippen LogP contribution is -2.18. The zero-order valence-corrected chi connectivity index (χ0v) is 5.22. The Hall–Kier alpha value is -1.09. The Balaban J connectivity index is 3.89. The molecule has 2 N–H and O–H groups in total. The van der Waals surface area contributed by atoms with Crippen molar-refractivity contribution in [1.29, 1.82) is 0 Å². The standard InChI is InChI=1S/C6H9NO2/c1-3-4-5(2)6(8)7-9/h3-4,9H,2H2,1H3,(H,7,8)/b4-3-. The second-order valence-electron chi connectivity index (χ2n) is 1.47. The average molecular weight is 127 g/mol. The molecule has 0 radical (unpaired) electrons. The van der Waals surface area contributed by atoms with Gasteiger partial charge in [-0.3, -0.25) is 10.0 Å². The van der Waals surface area contributed by atoms with Crippen molar-refractivity contribution in [2.24, 2.45) is 0 Å². The van der Waals surface area contributed by atoms with Crippen LogP contribution in [0.3, 0.4) is 0 Å². The molecule has 0 saturated heterocycles. The van der Waals surface area contributed by atoms with E-state index in [1.165, 1.54) is 11.6 Å². The molecule has 0 atom stereocenters. The Kier molecular flexibility index (Phi) is 3.39. The third kappa shape index (κ3) is 2.66. The molecule has 0 rings (SSSR count). The van der Waals surface area contributed by atoms with Crippen LogP contribution in [-0.2, 0) is 4.79 Å². The van der Waals surface area contributed by atoms with Gasteiger partial charge in [0.25, 0.3) is 5.91 Å². The van der Waals surface area contributed by atoms with Crippen LogP contribution in [0.15, 0.2) is 24.3 Å². The summed E-state index contributed by atoms with van der Waals surface area (Å²) in [5, 5.41) is 8.04. The zero-order valence-electron chi connectivity index (χ0n) is 5.22. The van der Waals surface area contributed by atoms with Crippen LogP contribution in [-0.4, -0.2) is 11.1 Å². The second-order valence-corrected chi connectivity index (χ2v) is 1.47. The maximum Gasteiger partial charge on any atom is 0.274 e. The summed E-state index contributed by atoms with van der Waals surface area (Å²) in [5.41, 5.74) is 1.70. The van der Waals surface area contributed by atoms with E-state index in [0.29, 0.717) is 0 Å². The molecule has 0 aromatic carbocycles. The molecule has 3 heteroatoms. The summed E-state index contributed by atoms with van der Waals surface area (Å²) in [5.74, 6) is -0.576. The van der Waals surface area contributed by atoms with E-state index in [1.54, 1.807) is 13.0 Å². The van der Waals surface area contributed by atoms with E-state index in [2.05, 4.69) is 6.58 Å². The van der Waals surface area contributed by atoms with Crippen LogP contribution < -0.4 is 5.48 Å². The Bertz CT molecular complexity index is 149. The summed E-state index contributed by atoms with van der Waals surface area (Å²) in [6, 6.07) is 0. The molecule has 0 saturated carbocycles. The number of nitrogens with one attached hydrogen (secondary N) is 1. The summed E-state index contributed by atoms with van der Waals surface area (Å²) in [6.45, 7) is 5.12. The fourth-order valence-corrected chi connectivity index (χ4v) is 0.349. The van der Waals surface area contributed by atoms with Crippen molar-refractivity contribution in [3.63, 3.8) is 0 Å². The second kappa shape index (κ2) is 3.86. The number of allylic oxidation sites excluding steroid dienone is 1. The first-order valence-electron chi connectivity index (χ1n) is 2.48. The lowest BCUT2D eigenvalue weighted by molar-refractivity contribution is -0.124. The summed E-state index contributed by atoms with van der Waals surface area (Å²) in [7, 11) is 0. The molecule has 0 aliphatic carbocycles. The Morgan fingerprint density at radius 1 is 1.78 bits per heavy atom. The van der Waals surface area contributed by atoms with E-state index < -0.39 is 5.91 Å². The first kappa shape index (κ1) is 7.91. The van der Waals surface area contributed by atoms with Crippen LogP contribution >= 0.6 is 0 Å². The number of hydroxylamine groups is 1. The topological polar surface area (TPSA) is 49.3 Å². The van der Waals surface area contributed by atoms with Crippen molar-refractivity contribution in [3.05, 3.63) is 24.3 Å². The summed E-state index contributed by atoms with van der Waals surface area (Å²) >= 11 is 0. The summed E-state index contributed by atoms with van der Waals surface area (Å²) in [6.07, 6.45) is 3.17. The van der Waals surface area contributed by atoms with Gasteiger partial charge >= 0.3 is 0 Å². The van der Waals surface area contributed by atoms with Crippen LogP contribution in [0.1, 0.15) is 6.92 Å². The number of rotatable bonds is 2. The molecule has 0 aliphatic rings. The smallest absolute Gasteiger partial charge is 0.274 e. The third-order valence-electron chi connectivity index (χ3n) is 0.761. The maximum atomic E-state index is 10.4. The van der Waals surface area contributed by atoms with Crippen molar-refractivity contribution in [3.8, 4) is 0 Å². The van der Waals surface area contributed by atoms with E-state index in [-0.39, 0.29) is 5.57 Å². The number of hydrogen-bond donors (Lipinski definition) is 2. The molecule has 0 unspecified atom stereocenters. The monoisotopic (exact) mass is 127 g/mol. The number of carbonyl (C=O) groups is 1. The molecular formula is C6H9NO2. The van der Waals surface area contributed by atoms with E-state index >= 15 is 0 Å². The largest absolute Gasteiger partial charge is 0.288 e. The predicted octanol–water partition coefficient (Wildman–Crippen LogP) is 0.624. The van der Waals surface area contributed by atoms with Gasteiger partial charge in [0.05, 0.1) is 0 Å². The van der Waals surface area contributed by atoms with Crippen LogP contribution in [0, 0.1) is 0 Å². The van der Waals surface area contributed by atoms with Gasteiger partial charge in [-0.05, 0) is 6.92 Å². The molecule has 50 valence electrons. The van der Waals surface area contributed by atoms with Gasteiger partial charge in [-0.15, -0.1) is 0 Å². The van der Waals surface area contributed by atoms with Gasteiger partial charge in [0.15, 0.2) is 0 Å². The first-order valence-corrected chi connectivity index (χ1v) is 2.48. The highest BCUT2D eigenvalue weighted by molar-refractivity contribution is 5.94. The normalized spacial score (nSPS) is 9.56. The molecule has 0 aromatic rings. The average Bonchev–Trinajstić information content (AvgIpc) is 1.87. The minimum Gasteiger partial charge on any atom is -0.288 e. The Labute approximate surface area is 53.6 Å². The Morgan fingerprint density at radius 3 is 2.67 bits per heavy atom. The molecule has 3 nitrogen and oxygen atoms in total. The van der Waals surface area contributed by atoms with Gasteiger partial charge in [-0.1, -0.05) is 18.7 Å². The van der Waals surface area contributed by atoms with Crippen molar-refractivity contribution in [1.82, 2.24) is 5.48 Å². The first-order chi connectivity index (χ1) is 4.22. The van der Waals surface area contributed by atoms with Crippen molar-refractivity contribution in [2.75, 3.05) is 0 Å². The lowest BCUT2D eigenvalue weighted by Gasteiger charge is -1.93. The predicted molar refractivity (Wildman–Crippen MR) is 33.9 cm³/mol. The van der Waals surface area contributed by atoms with Crippen molar-refractivity contribution >= 4 is 5.91 Å². The maximum absolute atomic E-state index is 10.4. The molecule has 9 heavy (non-hydrogen) atoms. The highest BCUT2D eigenvalue weighted by Gasteiger charge is 1.97. The molecule has 0 aliphatic heterocycles. The van der Waals surface area contributed by atoms with Crippen LogP contribution in [0.25, 0.3) is 0 Å². The van der Waals surface area contributed by atoms with Gasteiger partial charge in [-0.2, -0.15) is 0 Å². The number of hydrogen-bond acceptors (Lipinski definition) is 2. The van der Waals surface area contributed by atoms with Gasteiger partial charge in [-0.25, -0.2) is 5.48 Å². The van der Waals surface area contributed by atoms with Gasteiger partial charge in [0, 0.05) is 5.57 Å². The SMILES string of the molecule is C=C(/C=C\C)C(=O)NO. The zero-order chi connectivity index (χ0) is 7.28. The molecule has 1 amide bonds. The van der Waals surface area contributed by atoms with Gasteiger partial charge < -0.3 is 0 Å². The molecule has 0 bridgehead atoms. The van der Waals surface area contributed by atoms with Gasteiger partial charge in [0.2, 0.25) is 0 Å². The van der Waals surface area contributed by atoms with E-state index in [4.69, 9.17) is 5.21 Å². The van der Waals surface area contributed by atoms with Crippen LogP contribution in [0.5, 0.6) is 0 Å². The molecule has 0 fully saturated rings. The van der Waals surface area contributed by atoms with Crippen molar-refractivity contribution in [2.45, 2.75) is 6.92 Å². The van der Waals surface area contributed by atoms with Crippen molar-refractivity contribution < 1.29 is 10.0 Å². The fourth-order valence-electron chi connectivity index (χ4n) is 0.349. The fraction of sp³-hybridized carbons (Fsp3) is 0.167. The van der Waals surface area contributed by atoms with E-state index in [0.717, 1.165) is 0 Å². The molecule has 0 spiro atoms. The highest BCUT2D eigenvalue weighted by atomic mass is 16.5. The van der Waals surface area contributed by atoms with E-state index in [9.17, 15) is 4.79 Å². The van der Waals surface area contributed by atoms with Crippen LogP contribution in [0.2, 0.25) is 0 Å². The molecule has 0 heterocycles. The Morgan fingerprint density at radius 2 is 2.33 bits per heavy atom. The lowest BCUT2D eigenvalue weighted by atomic mass is 10.3. The number of amides is 1. The van der Waals surface area contributed by atoms with E-state index in [1.807, 2.05) is 0 Å². The van der Waals surface area contributed by atoms with Gasteiger partial charge in [0.1, 0.15) is 0 Å². The van der Waals surface area contributed by atoms with Crippen LogP contribution in [0.4, 0.5) is 0 Å². The summed E-state index contributed by atoms with van der Waals surface area (Å²) in [4.78, 5) is 10.4. The minimum absolute atomic E-state index is 0.236. The number of carbonyl (C=O) groups excluding carboxylic acids is 1. The molecular weight excluding hydrogens is 118 g/mol. The quantitative estimate of drug-likeness (QED) is 0.247. The highest BCUT2D eigenvalue weighted by Crippen LogP contribution is 1.90. The molecule has 0 aromatic heterocycles. The minimum atomic E-state index is -0.576.